The number of alkyl halides is 1. The molecule has 1 atom stereocenters. The van der Waals surface area contributed by atoms with E-state index in [0.29, 0.717) is 5.92 Å². The fourth-order valence-corrected chi connectivity index (χ4v) is 2.74. The second-order valence-electron chi connectivity index (χ2n) is 5.17. The molecule has 0 radical (unpaired) electrons. The topological polar surface area (TPSA) is 9.23 Å². The minimum atomic E-state index is 0.686. The Bertz CT molecular complexity index is 347. The summed E-state index contributed by atoms with van der Waals surface area (Å²) in [6.07, 6.45) is 2.34. The van der Waals surface area contributed by atoms with Crippen LogP contribution in [0.5, 0.6) is 5.75 Å². The van der Waals surface area contributed by atoms with Gasteiger partial charge < -0.3 is 4.74 Å². The van der Waals surface area contributed by atoms with Crippen molar-refractivity contribution in [3.8, 4) is 5.75 Å². The average molecular weight is 299 g/mol. The minimum absolute atomic E-state index is 0.686. The second kappa shape index (κ2) is 7.05. The largest absolute Gasteiger partial charge is 0.496 e. The zero-order valence-electron chi connectivity index (χ0n) is 11.3. The quantitative estimate of drug-likeness (QED) is 0.697. The molecule has 1 unspecified atom stereocenters. The monoisotopic (exact) mass is 298 g/mol. The van der Waals surface area contributed by atoms with Gasteiger partial charge in [-0.05, 0) is 43.2 Å². The van der Waals surface area contributed by atoms with Crippen molar-refractivity contribution in [2.75, 3.05) is 12.4 Å². The zero-order valence-corrected chi connectivity index (χ0v) is 12.9. The first-order valence-electron chi connectivity index (χ1n) is 6.26. The molecule has 0 aliphatic carbocycles. The van der Waals surface area contributed by atoms with Crippen LogP contribution in [0.4, 0.5) is 0 Å². The van der Waals surface area contributed by atoms with E-state index in [0.717, 1.165) is 23.4 Å². The number of rotatable bonds is 6. The predicted molar refractivity (Wildman–Crippen MR) is 78.2 cm³/mol. The maximum Gasteiger partial charge on any atom is 0.122 e. The highest BCUT2D eigenvalue weighted by molar-refractivity contribution is 9.09. The lowest BCUT2D eigenvalue weighted by molar-refractivity contribution is 0.397. The number of ether oxygens (including phenoxy) is 1. The molecule has 1 aromatic carbocycles. The smallest absolute Gasteiger partial charge is 0.122 e. The number of aryl methyl sites for hydroxylation is 1. The van der Waals surface area contributed by atoms with Crippen molar-refractivity contribution in [1.82, 2.24) is 0 Å². The fraction of sp³-hybridized carbons (Fsp3) is 0.600. The molecule has 1 rings (SSSR count). The van der Waals surface area contributed by atoms with E-state index in [1.54, 1.807) is 7.11 Å². The van der Waals surface area contributed by atoms with Gasteiger partial charge in [0.25, 0.3) is 0 Å². The van der Waals surface area contributed by atoms with E-state index in [1.165, 1.54) is 17.5 Å². The molecule has 0 fully saturated rings. The summed E-state index contributed by atoms with van der Waals surface area (Å²) in [5.74, 6) is 2.45. The van der Waals surface area contributed by atoms with Crippen LogP contribution < -0.4 is 4.74 Å². The van der Waals surface area contributed by atoms with Crippen molar-refractivity contribution in [2.45, 2.75) is 33.6 Å². The summed E-state index contributed by atoms with van der Waals surface area (Å²) in [5, 5.41) is 1.06. The molecule has 0 aromatic heterocycles. The lowest BCUT2D eigenvalue weighted by atomic mass is 9.91. The SMILES string of the molecule is COc1ccc(C)cc1CC(CBr)CC(C)C. The molecule has 0 amide bonds. The summed E-state index contributed by atoms with van der Waals surface area (Å²) < 4.78 is 5.44. The number of benzene rings is 1. The first-order chi connectivity index (χ1) is 8.06. The molecule has 0 saturated heterocycles. The van der Waals surface area contributed by atoms with E-state index >= 15 is 0 Å². The molecule has 0 spiro atoms. The molecule has 0 aliphatic rings. The third kappa shape index (κ3) is 4.71. The van der Waals surface area contributed by atoms with Crippen LogP contribution in [-0.2, 0) is 6.42 Å². The Morgan fingerprint density at radius 3 is 2.53 bits per heavy atom. The third-order valence-corrected chi connectivity index (χ3v) is 3.88. The summed E-state index contributed by atoms with van der Waals surface area (Å²) in [6, 6.07) is 6.42. The van der Waals surface area contributed by atoms with Gasteiger partial charge in [0.2, 0.25) is 0 Å². The molecule has 96 valence electrons. The van der Waals surface area contributed by atoms with Gasteiger partial charge in [-0.2, -0.15) is 0 Å². The van der Waals surface area contributed by atoms with Crippen LogP contribution in [0.2, 0.25) is 0 Å². The summed E-state index contributed by atoms with van der Waals surface area (Å²) >= 11 is 3.63. The van der Waals surface area contributed by atoms with Crippen molar-refractivity contribution < 1.29 is 4.74 Å². The number of methoxy groups -OCH3 is 1. The molecule has 17 heavy (non-hydrogen) atoms. The molecule has 0 N–H and O–H groups in total. The summed E-state index contributed by atoms with van der Waals surface area (Å²) in [6.45, 7) is 6.70. The average Bonchev–Trinajstić information content (AvgIpc) is 2.28. The first-order valence-corrected chi connectivity index (χ1v) is 7.38. The summed E-state index contributed by atoms with van der Waals surface area (Å²) in [4.78, 5) is 0. The van der Waals surface area contributed by atoms with E-state index < -0.39 is 0 Å². The standard InChI is InChI=1S/C15H23BrO/c1-11(2)7-13(10-16)9-14-8-12(3)5-6-15(14)17-4/h5-6,8,11,13H,7,9-10H2,1-4H3. The van der Waals surface area contributed by atoms with Gasteiger partial charge in [0.1, 0.15) is 5.75 Å². The Labute approximate surface area is 114 Å². The minimum Gasteiger partial charge on any atom is -0.496 e. The van der Waals surface area contributed by atoms with E-state index in [4.69, 9.17) is 4.74 Å². The highest BCUT2D eigenvalue weighted by atomic mass is 79.9. The lowest BCUT2D eigenvalue weighted by Crippen LogP contribution is -2.10. The number of halogens is 1. The van der Waals surface area contributed by atoms with Gasteiger partial charge in [0.05, 0.1) is 7.11 Å². The molecule has 1 aromatic rings. The third-order valence-electron chi connectivity index (χ3n) is 2.97. The van der Waals surface area contributed by atoms with Crippen LogP contribution in [0.1, 0.15) is 31.4 Å². The molecule has 0 saturated carbocycles. The molecular weight excluding hydrogens is 276 g/mol. The highest BCUT2D eigenvalue weighted by Gasteiger charge is 2.13. The lowest BCUT2D eigenvalue weighted by Gasteiger charge is -2.18. The van der Waals surface area contributed by atoms with E-state index in [-0.39, 0.29) is 0 Å². The Morgan fingerprint density at radius 1 is 1.29 bits per heavy atom. The van der Waals surface area contributed by atoms with Crippen LogP contribution in [0.25, 0.3) is 0 Å². The van der Waals surface area contributed by atoms with Crippen molar-refractivity contribution >= 4 is 15.9 Å². The second-order valence-corrected chi connectivity index (χ2v) is 5.82. The van der Waals surface area contributed by atoms with Gasteiger partial charge in [-0.25, -0.2) is 0 Å². The molecule has 2 heteroatoms. The van der Waals surface area contributed by atoms with Gasteiger partial charge in [-0.15, -0.1) is 0 Å². The maximum atomic E-state index is 5.44. The van der Waals surface area contributed by atoms with Crippen molar-refractivity contribution in [3.05, 3.63) is 29.3 Å². The molecule has 1 nitrogen and oxygen atoms in total. The van der Waals surface area contributed by atoms with Crippen molar-refractivity contribution in [1.29, 1.82) is 0 Å². The van der Waals surface area contributed by atoms with Gasteiger partial charge in [0, 0.05) is 5.33 Å². The van der Waals surface area contributed by atoms with E-state index in [9.17, 15) is 0 Å². The van der Waals surface area contributed by atoms with E-state index in [1.807, 2.05) is 0 Å². The van der Waals surface area contributed by atoms with Crippen molar-refractivity contribution in [3.63, 3.8) is 0 Å². The van der Waals surface area contributed by atoms with Crippen LogP contribution in [0.3, 0.4) is 0 Å². The Morgan fingerprint density at radius 2 is 2.00 bits per heavy atom. The van der Waals surface area contributed by atoms with Crippen LogP contribution in [-0.4, -0.2) is 12.4 Å². The first kappa shape index (κ1) is 14.6. The molecule has 0 heterocycles. The zero-order chi connectivity index (χ0) is 12.8. The fourth-order valence-electron chi connectivity index (χ4n) is 2.25. The molecular formula is C15H23BrO. The predicted octanol–water partition coefficient (Wildman–Crippen LogP) is 4.60. The molecule has 0 aliphatic heterocycles. The van der Waals surface area contributed by atoms with Gasteiger partial charge in [-0.3, -0.25) is 0 Å². The molecule has 0 bridgehead atoms. The van der Waals surface area contributed by atoms with Crippen molar-refractivity contribution in [2.24, 2.45) is 11.8 Å². The van der Waals surface area contributed by atoms with Gasteiger partial charge in [0.15, 0.2) is 0 Å². The highest BCUT2D eigenvalue weighted by Crippen LogP contribution is 2.26. The Kier molecular flexibility index (Phi) is 6.04. The van der Waals surface area contributed by atoms with Gasteiger partial charge in [-0.1, -0.05) is 47.5 Å². The Hall–Kier alpha value is -0.500. The van der Waals surface area contributed by atoms with E-state index in [2.05, 4.69) is 54.9 Å². The van der Waals surface area contributed by atoms with Crippen LogP contribution >= 0.6 is 15.9 Å². The van der Waals surface area contributed by atoms with Crippen LogP contribution in [0, 0.1) is 18.8 Å². The summed E-state index contributed by atoms with van der Waals surface area (Å²) in [7, 11) is 1.75. The number of hydrogen-bond acceptors (Lipinski definition) is 1. The normalized spacial score (nSPS) is 12.8. The van der Waals surface area contributed by atoms with Crippen LogP contribution in [0.15, 0.2) is 18.2 Å². The number of hydrogen-bond donors (Lipinski definition) is 0. The van der Waals surface area contributed by atoms with Gasteiger partial charge >= 0.3 is 0 Å². The maximum absolute atomic E-state index is 5.44. The Balaban J connectivity index is 2.80. The summed E-state index contributed by atoms with van der Waals surface area (Å²) in [5.41, 5.74) is 2.64.